The highest BCUT2D eigenvalue weighted by atomic mass is 32.2. The summed E-state index contributed by atoms with van der Waals surface area (Å²) in [5, 5.41) is 0.747. The fraction of sp³-hybridized carbons (Fsp3) is 1.00. The molecule has 0 saturated carbocycles. The third-order valence-corrected chi connectivity index (χ3v) is 5.24. The van der Waals surface area contributed by atoms with Gasteiger partial charge in [-0.15, -0.1) is 0 Å². The third-order valence-electron chi connectivity index (χ3n) is 3.90. The molecule has 0 aromatic heterocycles. The van der Waals surface area contributed by atoms with Gasteiger partial charge in [0.25, 0.3) is 0 Å². The molecule has 1 rings (SSSR count). The van der Waals surface area contributed by atoms with Gasteiger partial charge in [-0.2, -0.15) is 11.8 Å². The van der Waals surface area contributed by atoms with Crippen LogP contribution in [0.25, 0.3) is 0 Å². The smallest absolute Gasteiger partial charge is 0.0247 e. The highest BCUT2D eigenvalue weighted by Gasteiger charge is 2.31. The average Bonchev–Trinajstić information content (AvgIpc) is 2.24. The lowest BCUT2D eigenvalue weighted by Gasteiger charge is -2.44. The summed E-state index contributed by atoms with van der Waals surface area (Å²) in [4.78, 5) is 2.63. The van der Waals surface area contributed by atoms with E-state index in [-0.39, 0.29) is 0 Å². The van der Waals surface area contributed by atoms with Gasteiger partial charge in [0.1, 0.15) is 0 Å². The van der Waals surface area contributed by atoms with Gasteiger partial charge in [0, 0.05) is 36.2 Å². The number of rotatable bonds is 4. The molecule has 1 aliphatic rings. The standard InChI is InChI=1S/C12H26N2S/c1-5-9(2)12(8-13)14-6-7-15-11(4)10(14)3/h9-12H,5-8,13H2,1-4H3. The Morgan fingerprint density at radius 1 is 1.47 bits per heavy atom. The maximum Gasteiger partial charge on any atom is 0.0247 e. The molecule has 15 heavy (non-hydrogen) atoms. The van der Waals surface area contributed by atoms with E-state index in [1.54, 1.807) is 0 Å². The van der Waals surface area contributed by atoms with E-state index in [9.17, 15) is 0 Å². The van der Waals surface area contributed by atoms with Crippen LogP contribution in [0.2, 0.25) is 0 Å². The Morgan fingerprint density at radius 2 is 2.13 bits per heavy atom. The molecule has 0 aromatic carbocycles. The Labute approximate surface area is 99.0 Å². The average molecular weight is 230 g/mol. The number of nitrogens with two attached hydrogens (primary N) is 1. The Kier molecular flexibility index (Phi) is 5.44. The van der Waals surface area contributed by atoms with Crippen molar-refractivity contribution in [1.29, 1.82) is 0 Å². The summed E-state index contributed by atoms with van der Waals surface area (Å²) in [5.74, 6) is 1.98. The first-order chi connectivity index (χ1) is 7.11. The summed E-state index contributed by atoms with van der Waals surface area (Å²) < 4.78 is 0. The van der Waals surface area contributed by atoms with E-state index in [4.69, 9.17) is 5.73 Å². The van der Waals surface area contributed by atoms with Crippen molar-refractivity contribution in [2.45, 2.75) is 51.4 Å². The highest BCUT2D eigenvalue weighted by Crippen LogP contribution is 2.28. The van der Waals surface area contributed by atoms with Crippen molar-refractivity contribution in [3.63, 3.8) is 0 Å². The molecule has 4 atom stereocenters. The summed E-state index contributed by atoms with van der Waals surface area (Å²) in [6.07, 6.45) is 1.23. The van der Waals surface area contributed by atoms with Gasteiger partial charge in [0.15, 0.2) is 0 Å². The van der Waals surface area contributed by atoms with Crippen LogP contribution in [-0.2, 0) is 0 Å². The predicted molar refractivity (Wildman–Crippen MR) is 70.4 cm³/mol. The van der Waals surface area contributed by atoms with Crippen LogP contribution in [0.4, 0.5) is 0 Å². The number of hydrogen-bond acceptors (Lipinski definition) is 3. The summed E-state index contributed by atoms with van der Waals surface area (Å²) in [7, 11) is 0. The molecule has 3 heteroatoms. The summed E-state index contributed by atoms with van der Waals surface area (Å²) in [6, 6.07) is 1.25. The number of hydrogen-bond donors (Lipinski definition) is 1. The molecule has 0 bridgehead atoms. The van der Waals surface area contributed by atoms with Crippen molar-refractivity contribution in [2.75, 3.05) is 18.8 Å². The minimum absolute atomic E-state index is 0.577. The summed E-state index contributed by atoms with van der Waals surface area (Å²) in [5.41, 5.74) is 5.94. The quantitative estimate of drug-likeness (QED) is 0.803. The van der Waals surface area contributed by atoms with E-state index >= 15 is 0 Å². The van der Waals surface area contributed by atoms with Crippen molar-refractivity contribution in [2.24, 2.45) is 11.7 Å². The lowest BCUT2D eigenvalue weighted by Crippen LogP contribution is -2.54. The molecule has 1 saturated heterocycles. The largest absolute Gasteiger partial charge is 0.329 e. The zero-order valence-electron chi connectivity index (χ0n) is 10.6. The van der Waals surface area contributed by atoms with Crippen molar-refractivity contribution < 1.29 is 0 Å². The zero-order valence-corrected chi connectivity index (χ0v) is 11.4. The Morgan fingerprint density at radius 3 is 2.67 bits per heavy atom. The minimum Gasteiger partial charge on any atom is -0.329 e. The van der Waals surface area contributed by atoms with Crippen molar-refractivity contribution in [3.8, 4) is 0 Å². The van der Waals surface area contributed by atoms with Crippen LogP contribution in [0, 0.1) is 5.92 Å². The monoisotopic (exact) mass is 230 g/mol. The fourth-order valence-electron chi connectivity index (χ4n) is 2.39. The van der Waals surface area contributed by atoms with Crippen LogP contribution >= 0.6 is 11.8 Å². The van der Waals surface area contributed by atoms with Crippen LogP contribution in [0.15, 0.2) is 0 Å². The molecule has 0 radical (unpaired) electrons. The second kappa shape index (κ2) is 6.12. The summed E-state index contributed by atoms with van der Waals surface area (Å²) in [6.45, 7) is 11.3. The molecular weight excluding hydrogens is 204 g/mol. The van der Waals surface area contributed by atoms with Crippen LogP contribution in [-0.4, -0.2) is 41.1 Å². The van der Waals surface area contributed by atoms with E-state index in [1.807, 2.05) is 0 Å². The molecule has 1 heterocycles. The molecular formula is C12H26N2S. The molecule has 0 amide bonds. The Balaban J connectivity index is 2.65. The van der Waals surface area contributed by atoms with E-state index in [0.717, 1.165) is 11.8 Å². The second-order valence-electron chi connectivity index (χ2n) is 4.74. The van der Waals surface area contributed by atoms with Gasteiger partial charge in [-0.05, 0) is 12.8 Å². The Hall–Kier alpha value is 0.270. The normalized spacial score (nSPS) is 32.6. The van der Waals surface area contributed by atoms with Crippen molar-refractivity contribution in [1.82, 2.24) is 4.90 Å². The van der Waals surface area contributed by atoms with E-state index < -0.39 is 0 Å². The van der Waals surface area contributed by atoms with Gasteiger partial charge in [0.2, 0.25) is 0 Å². The molecule has 0 spiro atoms. The van der Waals surface area contributed by atoms with Gasteiger partial charge in [-0.1, -0.05) is 27.2 Å². The number of thioether (sulfide) groups is 1. The van der Waals surface area contributed by atoms with Gasteiger partial charge >= 0.3 is 0 Å². The lowest BCUT2D eigenvalue weighted by molar-refractivity contribution is 0.110. The van der Waals surface area contributed by atoms with Gasteiger partial charge < -0.3 is 5.73 Å². The van der Waals surface area contributed by atoms with Crippen LogP contribution in [0.5, 0.6) is 0 Å². The van der Waals surface area contributed by atoms with Crippen LogP contribution in [0.1, 0.15) is 34.1 Å². The zero-order chi connectivity index (χ0) is 11.4. The summed E-state index contributed by atoms with van der Waals surface area (Å²) >= 11 is 2.09. The maximum atomic E-state index is 5.94. The van der Waals surface area contributed by atoms with Crippen LogP contribution < -0.4 is 5.73 Å². The SMILES string of the molecule is CCC(C)C(CN)N1CCSC(C)C1C. The first-order valence-corrected chi connectivity index (χ1v) is 7.24. The number of nitrogens with zero attached hydrogens (tertiary/aromatic N) is 1. The van der Waals surface area contributed by atoms with Gasteiger partial charge in [-0.25, -0.2) is 0 Å². The van der Waals surface area contributed by atoms with E-state index in [0.29, 0.717) is 18.0 Å². The predicted octanol–water partition coefficient (Wildman–Crippen LogP) is 2.19. The molecule has 2 N–H and O–H groups in total. The van der Waals surface area contributed by atoms with E-state index in [1.165, 1.54) is 18.7 Å². The molecule has 4 unspecified atom stereocenters. The first kappa shape index (κ1) is 13.3. The third kappa shape index (κ3) is 3.11. The van der Waals surface area contributed by atoms with Crippen molar-refractivity contribution >= 4 is 11.8 Å². The molecule has 0 aromatic rings. The lowest BCUT2D eigenvalue weighted by atomic mass is 9.95. The molecule has 90 valence electrons. The van der Waals surface area contributed by atoms with Crippen LogP contribution in [0.3, 0.4) is 0 Å². The molecule has 2 nitrogen and oxygen atoms in total. The second-order valence-corrected chi connectivity index (χ2v) is 6.23. The van der Waals surface area contributed by atoms with Gasteiger partial charge in [0.05, 0.1) is 0 Å². The first-order valence-electron chi connectivity index (χ1n) is 6.19. The Bertz CT molecular complexity index is 186. The van der Waals surface area contributed by atoms with Gasteiger partial charge in [-0.3, -0.25) is 4.90 Å². The van der Waals surface area contributed by atoms with Crippen molar-refractivity contribution in [3.05, 3.63) is 0 Å². The van der Waals surface area contributed by atoms with E-state index in [2.05, 4.69) is 44.4 Å². The molecule has 1 fully saturated rings. The molecule has 0 aliphatic carbocycles. The minimum atomic E-state index is 0.577. The fourth-order valence-corrected chi connectivity index (χ4v) is 3.51. The highest BCUT2D eigenvalue weighted by molar-refractivity contribution is 8.00. The molecule has 1 aliphatic heterocycles. The topological polar surface area (TPSA) is 29.3 Å². The maximum absolute atomic E-state index is 5.94.